The van der Waals surface area contributed by atoms with Gasteiger partial charge in [-0.15, -0.1) is 0 Å². The number of carbonyl (C=O) groups is 3. The third-order valence-electron chi connectivity index (χ3n) is 5.40. The molecule has 148 valence electrons. The maximum absolute atomic E-state index is 12.1. The van der Waals surface area contributed by atoms with E-state index in [1.165, 1.54) is 19.3 Å². The molecule has 0 radical (unpaired) electrons. The van der Waals surface area contributed by atoms with Gasteiger partial charge in [-0.1, -0.05) is 0 Å². The fraction of sp³-hybridized carbons (Fsp3) is 0.812. The predicted molar refractivity (Wildman–Crippen MR) is 83.0 cm³/mol. The standard InChI is InChI=1S/C14H22N2O3.C2HF3O2/c15-11(4-12(17)18)13(19)16-14-5-8-1-9(6-14)3-10(2-8)7-14;3-2(4,5)1(6)7/h8-11H,1-7,15H2,(H,16,19)(H,17,18);(H,6,7)/t8?,9?,10?,11-,14?;/m0./s1. The van der Waals surface area contributed by atoms with E-state index in [-0.39, 0.29) is 17.9 Å². The third-order valence-corrected chi connectivity index (χ3v) is 5.40. The molecule has 4 saturated carbocycles. The molecule has 4 bridgehead atoms. The lowest BCUT2D eigenvalue weighted by atomic mass is 9.53. The van der Waals surface area contributed by atoms with Crippen LogP contribution < -0.4 is 11.1 Å². The van der Waals surface area contributed by atoms with Crippen molar-refractivity contribution in [1.82, 2.24) is 5.32 Å². The van der Waals surface area contributed by atoms with Crippen LogP contribution in [0.15, 0.2) is 0 Å². The zero-order valence-electron chi connectivity index (χ0n) is 14.1. The molecule has 1 atom stereocenters. The van der Waals surface area contributed by atoms with Crippen molar-refractivity contribution in [3.63, 3.8) is 0 Å². The summed E-state index contributed by atoms with van der Waals surface area (Å²) < 4.78 is 31.7. The van der Waals surface area contributed by atoms with Crippen LogP contribution in [0.4, 0.5) is 13.2 Å². The average molecular weight is 380 g/mol. The van der Waals surface area contributed by atoms with Gasteiger partial charge in [-0.3, -0.25) is 9.59 Å². The van der Waals surface area contributed by atoms with E-state index in [2.05, 4.69) is 5.32 Å². The van der Waals surface area contributed by atoms with Crippen LogP contribution in [0.5, 0.6) is 0 Å². The molecule has 4 fully saturated rings. The van der Waals surface area contributed by atoms with E-state index in [4.69, 9.17) is 20.7 Å². The van der Waals surface area contributed by atoms with E-state index in [1.807, 2.05) is 0 Å². The first-order valence-corrected chi connectivity index (χ1v) is 8.50. The Labute approximate surface area is 148 Å². The average Bonchev–Trinajstić information content (AvgIpc) is 2.43. The minimum absolute atomic E-state index is 0.0814. The van der Waals surface area contributed by atoms with Gasteiger partial charge in [0.1, 0.15) is 0 Å². The number of carbonyl (C=O) groups excluding carboxylic acids is 1. The molecule has 0 unspecified atom stereocenters. The number of aliphatic carboxylic acids is 2. The molecule has 0 spiro atoms. The third kappa shape index (κ3) is 5.09. The van der Waals surface area contributed by atoms with Crippen LogP contribution in [0.25, 0.3) is 0 Å². The van der Waals surface area contributed by atoms with E-state index in [9.17, 15) is 22.8 Å². The molecule has 0 saturated heterocycles. The Balaban J connectivity index is 0.000000298. The molecule has 4 aliphatic carbocycles. The fourth-order valence-corrected chi connectivity index (χ4v) is 4.90. The number of rotatable bonds is 4. The zero-order valence-corrected chi connectivity index (χ0v) is 14.1. The summed E-state index contributed by atoms with van der Waals surface area (Å²) in [7, 11) is 0. The van der Waals surface area contributed by atoms with Crippen LogP contribution in [0.1, 0.15) is 44.9 Å². The molecule has 7 nitrogen and oxygen atoms in total. The summed E-state index contributed by atoms with van der Waals surface area (Å²) in [4.78, 5) is 31.6. The highest BCUT2D eigenvalue weighted by atomic mass is 19.4. The number of amides is 1. The van der Waals surface area contributed by atoms with E-state index in [0.29, 0.717) is 0 Å². The minimum Gasteiger partial charge on any atom is -0.481 e. The first kappa shape index (κ1) is 20.5. The molecule has 0 aromatic carbocycles. The SMILES string of the molecule is N[C@@H](CC(=O)O)C(=O)NC12CC3CC(CC(C3)C1)C2.O=C(O)C(F)(F)F. The van der Waals surface area contributed by atoms with Crippen molar-refractivity contribution in [3.05, 3.63) is 0 Å². The van der Waals surface area contributed by atoms with Crippen molar-refractivity contribution >= 4 is 17.8 Å². The van der Waals surface area contributed by atoms with Gasteiger partial charge in [0.2, 0.25) is 5.91 Å². The van der Waals surface area contributed by atoms with Crippen molar-refractivity contribution < 1.29 is 37.8 Å². The molecule has 0 aromatic rings. The van der Waals surface area contributed by atoms with Crippen LogP contribution in [-0.2, 0) is 14.4 Å². The second-order valence-electron chi connectivity index (χ2n) is 7.69. The molecule has 5 N–H and O–H groups in total. The summed E-state index contributed by atoms with van der Waals surface area (Å²) in [6.07, 6.45) is 1.75. The first-order valence-electron chi connectivity index (χ1n) is 8.50. The van der Waals surface area contributed by atoms with Gasteiger partial charge in [-0.2, -0.15) is 13.2 Å². The van der Waals surface area contributed by atoms with Crippen LogP contribution in [0.3, 0.4) is 0 Å². The maximum atomic E-state index is 12.1. The van der Waals surface area contributed by atoms with Gasteiger partial charge in [0, 0.05) is 5.54 Å². The Morgan fingerprint density at radius 1 is 1.04 bits per heavy atom. The molecule has 1 amide bonds. The Morgan fingerprint density at radius 2 is 1.42 bits per heavy atom. The van der Waals surface area contributed by atoms with Gasteiger partial charge in [0.25, 0.3) is 0 Å². The number of carboxylic acids is 2. The molecule has 4 aliphatic rings. The van der Waals surface area contributed by atoms with Gasteiger partial charge in [-0.05, 0) is 56.3 Å². The highest BCUT2D eigenvalue weighted by molar-refractivity contribution is 5.86. The number of hydrogen-bond donors (Lipinski definition) is 4. The fourth-order valence-electron chi connectivity index (χ4n) is 4.90. The Kier molecular flexibility index (Phi) is 5.84. The molecular formula is C16H23F3N2O5. The van der Waals surface area contributed by atoms with Gasteiger partial charge in [-0.25, -0.2) is 4.79 Å². The summed E-state index contributed by atoms with van der Waals surface area (Å²) in [5.41, 5.74) is 5.57. The summed E-state index contributed by atoms with van der Waals surface area (Å²) in [6, 6.07) is -0.925. The maximum Gasteiger partial charge on any atom is 0.490 e. The molecule has 0 aliphatic heterocycles. The van der Waals surface area contributed by atoms with Crippen molar-refractivity contribution in [2.24, 2.45) is 23.5 Å². The topological polar surface area (TPSA) is 130 Å². The number of halogens is 3. The molecule has 0 aromatic heterocycles. The highest BCUT2D eigenvalue weighted by Gasteiger charge is 2.51. The van der Waals surface area contributed by atoms with Crippen LogP contribution in [0, 0.1) is 17.8 Å². The summed E-state index contributed by atoms with van der Waals surface area (Å²) in [5.74, 6) is -1.81. The smallest absolute Gasteiger partial charge is 0.481 e. The number of alkyl halides is 3. The number of carboxylic acid groups (broad SMARTS) is 2. The van der Waals surface area contributed by atoms with E-state index in [0.717, 1.165) is 37.0 Å². The van der Waals surface area contributed by atoms with Gasteiger partial charge < -0.3 is 21.3 Å². The number of nitrogens with one attached hydrogen (secondary N) is 1. The second-order valence-corrected chi connectivity index (χ2v) is 7.69. The number of nitrogens with two attached hydrogens (primary N) is 1. The monoisotopic (exact) mass is 380 g/mol. The molecule has 10 heteroatoms. The van der Waals surface area contributed by atoms with E-state index in [1.54, 1.807) is 0 Å². The summed E-state index contributed by atoms with van der Waals surface area (Å²) in [5, 5.41) is 18.9. The largest absolute Gasteiger partial charge is 0.490 e. The van der Waals surface area contributed by atoms with E-state index < -0.39 is 24.2 Å². The van der Waals surface area contributed by atoms with Gasteiger partial charge in [0.05, 0.1) is 12.5 Å². The lowest BCUT2D eigenvalue weighted by Gasteiger charge is -2.57. The normalized spacial score (nSPS) is 33.0. The molecule has 0 heterocycles. The second kappa shape index (κ2) is 7.42. The van der Waals surface area contributed by atoms with Crippen molar-refractivity contribution in [2.75, 3.05) is 0 Å². The minimum atomic E-state index is -5.08. The van der Waals surface area contributed by atoms with Crippen molar-refractivity contribution in [1.29, 1.82) is 0 Å². The Bertz CT molecular complexity index is 543. The molecular weight excluding hydrogens is 357 g/mol. The zero-order chi connectivity index (χ0) is 19.7. The Hall–Kier alpha value is -1.84. The number of hydrogen-bond acceptors (Lipinski definition) is 4. The quantitative estimate of drug-likeness (QED) is 0.585. The van der Waals surface area contributed by atoms with Gasteiger partial charge in [0.15, 0.2) is 0 Å². The van der Waals surface area contributed by atoms with Gasteiger partial charge >= 0.3 is 18.1 Å². The summed E-state index contributed by atoms with van der Waals surface area (Å²) in [6.45, 7) is 0. The molecule has 4 rings (SSSR count). The Morgan fingerprint density at radius 3 is 1.73 bits per heavy atom. The van der Waals surface area contributed by atoms with Crippen molar-refractivity contribution in [3.8, 4) is 0 Å². The summed E-state index contributed by atoms with van der Waals surface area (Å²) >= 11 is 0. The molecule has 26 heavy (non-hydrogen) atoms. The first-order chi connectivity index (χ1) is 11.9. The van der Waals surface area contributed by atoms with Crippen LogP contribution in [-0.4, -0.2) is 45.8 Å². The van der Waals surface area contributed by atoms with Crippen molar-refractivity contribution in [2.45, 2.75) is 62.7 Å². The lowest BCUT2D eigenvalue weighted by molar-refractivity contribution is -0.192. The predicted octanol–water partition coefficient (Wildman–Crippen LogP) is 1.51. The lowest BCUT2D eigenvalue weighted by Crippen LogP contribution is -2.62. The van der Waals surface area contributed by atoms with Crippen LogP contribution >= 0.6 is 0 Å². The van der Waals surface area contributed by atoms with Crippen LogP contribution in [0.2, 0.25) is 0 Å². The highest BCUT2D eigenvalue weighted by Crippen LogP contribution is 2.55. The van der Waals surface area contributed by atoms with E-state index >= 15 is 0 Å².